The molecule has 242 valence electrons. The first-order valence-electron chi connectivity index (χ1n) is 15.1. The molecule has 0 spiro atoms. The van der Waals surface area contributed by atoms with E-state index < -0.39 is 36.0 Å². The van der Waals surface area contributed by atoms with Crippen molar-refractivity contribution in [1.82, 2.24) is 20.4 Å². The van der Waals surface area contributed by atoms with Crippen LogP contribution < -0.4 is 10.6 Å². The van der Waals surface area contributed by atoms with E-state index in [-0.39, 0.29) is 11.8 Å². The second-order valence-electron chi connectivity index (χ2n) is 12.0. The number of benzene rings is 2. The number of anilines is 2. The Morgan fingerprint density at radius 1 is 0.630 bits per heavy atom. The molecule has 0 bridgehead atoms. The highest BCUT2D eigenvalue weighted by atomic mass is 32.1. The Balaban J connectivity index is 0.962. The van der Waals surface area contributed by atoms with Crippen molar-refractivity contribution < 1.29 is 28.5 Å². The van der Waals surface area contributed by atoms with Crippen LogP contribution in [-0.4, -0.2) is 56.0 Å². The molecule has 46 heavy (non-hydrogen) atoms. The van der Waals surface area contributed by atoms with Crippen LogP contribution in [0.5, 0.6) is 0 Å². The van der Waals surface area contributed by atoms with Crippen LogP contribution in [0.15, 0.2) is 60.7 Å². The first-order chi connectivity index (χ1) is 22.1. The lowest BCUT2D eigenvalue weighted by Gasteiger charge is -2.16. The number of ether oxygens (including phenoxy) is 4. The van der Waals surface area contributed by atoms with Gasteiger partial charge >= 0.3 is 0 Å². The van der Waals surface area contributed by atoms with Gasteiger partial charge in [0.25, 0.3) is 11.8 Å². The van der Waals surface area contributed by atoms with Crippen molar-refractivity contribution >= 4 is 44.8 Å². The highest BCUT2D eigenvalue weighted by molar-refractivity contribution is 7.15. The fourth-order valence-corrected chi connectivity index (χ4v) is 6.96. The summed E-state index contributed by atoms with van der Waals surface area (Å²) in [6, 6.07) is 19.1. The van der Waals surface area contributed by atoms with Gasteiger partial charge in [0.05, 0.1) is 0 Å². The summed E-state index contributed by atoms with van der Waals surface area (Å²) in [5, 5.41) is 25.0. The molecule has 4 atom stereocenters. The summed E-state index contributed by atoms with van der Waals surface area (Å²) in [6.45, 7) is 7.17. The Kier molecular flexibility index (Phi) is 9.54. The van der Waals surface area contributed by atoms with Crippen molar-refractivity contribution in [3.05, 3.63) is 81.8 Å². The topological polar surface area (TPSA) is 147 Å². The van der Waals surface area contributed by atoms with E-state index in [2.05, 4.69) is 31.0 Å². The van der Waals surface area contributed by atoms with Crippen molar-refractivity contribution in [2.75, 3.05) is 10.6 Å². The lowest BCUT2D eigenvalue weighted by molar-refractivity contribution is -0.153. The van der Waals surface area contributed by atoms with Gasteiger partial charge in [0.2, 0.25) is 10.3 Å². The Labute approximate surface area is 274 Å². The number of nitrogens with zero attached hydrogens (tertiary/aromatic N) is 4. The number of unbranched alkanes of at least 4 members (excludes halogenated alkanes) is 1. The highest BCUT2D eigenvalue weighted by Gasteiger charge is 2.47. The van der Waals surface area contributed by atoms with Crippen molar-refractivity contribution in [3.63, 3.8) is 0 Å². The second kappa shape index (κ2) is 13.6. The van der Waals surface area contributed by atoms with E-state index in [1.807, 2.05) is 60.7 Å². The number of amides is 2. The molecule has 2 aliphatic rings. The van der Waals surface area contributed by atoms with E-state index >= 15 is 0 Å². The maximum atomic E-state index is 13.1. The quantitative estimate of drug-likeness (QED) is 0.194. The molecule has 0 aliphatic carbocycles. The number of rotatable bonds is 11. The molecule has 2 aliphatic heterocycles. The molecule has 0 saturated carbocycles. The van der Waals surface area contributed by atoms with Crippen LogP contribution in [0.4, 0.5) is 10.3 Å². The van der Waals surface area contributed by atoms with Crippen molar-refractivity contribution in [1.29, 1.82) is 0 Å². The van der Waals surface area contributed by atoms with Gasteiger partial charge < -0.3 is 18.9 Å². The van der Waals surface area contributed by atoms with Crippen LogP contribution in [0.2, 0.25) is 0 Å². The van der Waals surface area contributed by atoms with E-state index in [0.717, 1.165) is 34.0 Å². The monoisotopic (exact) mass is 664 g/mol. The van der Waals surface area contributed by atoms with Crippen LogP contribution >= 0.6 is 22.7 Å². The fourth-order valence-electron chi connectivity index (χ4n) is 5.39. The molecule has 12 nitrogen and oxygen atoms in total. The first-order valence-corrected chi connectivity index (χ1v) is 16.8. The van der Waals surface area contributed by atoms with Crippen LogP contribution in [0.1, 0.15) is 73.9 Å². The van der Waals surface area contributed by atoms with Crippen LogP contribution in [0, 0.1) is 0 Å². The third-order valence-corrected chi connectivity index (χ3v) is 9.19. The second-order valence-corrected chi connectivity index (χ2v) is 14.1. The lowest BCUT2D eigenvalue weighted by atomic mass is 10.0. The van der Waals surface area contributed by atoms with Gasteiger partial charge in [0, 0.05) is 12.8 Å². The number of nitrogens with one attached hydrogen (secondary N) is 2. The number of hydrogen-bond acceptors (Lipinski definition) is 12. The van der Waals surface area contributed by atoms with Gasteiger partial charge in [-0.2, -0.15) is 0 Å². The van der Waals surface area contributed by atoms with Gasteiger partial charge in [-0.15, -0.1) is 20.4 Å². The van der Waals surface area contributed by atoms with Crippen molar-refractivity contribution in [2.45, 2.75) is 89.4 Å². The maximum absolute atomic E-state index is 13.1. The number of aryl methyl sites for hydroxylation is 2. The summed E-state index contributed by atoms with van der Waals surface area (Å²) in [7, 11) is 0. The van der Waals surface area contributed by atoms with Gasteiger partial charge in [-0.1, -0.05) is 83.3 Å². The smallest absolute Gasteiger partial charge is 0.258 e. The predicted octanol–water partition coefficient (Wildman–Crippen LogP) is 5.62. The average molecular weight is 665 g/mol. The van der Waals surface area contributed by atoms with Crippen molar-refractivity contribution in [2.24, 2.45) is 0 Å². The number of carbonyl (C=O) groups is 2. The number of carbonyl (C=O) groups excluding carboxylic acids is 2. The Bertz CT molecular complexity index is 1520. The zero-order valence-corrected chi connectivity index (χ0v) is 27.6. The maximum Gasteiger partial charge on any atom is 0.258 e. The molecule has 2 aromatic heterocycles. The van der Waals surface area contributed by atoms with Gasteiger partial charge in [-0.05, 0) is 51.7 Å². The third kappa shape index (κ3) is 7.82. The molecule has 6 rings (SSSR count). The molecule has 2 amide bonds. The molecule has 0 unspecified atom stereocenters. The largest absolute Gasteiger partial charge is 0.339 e. The highest BCUT2D eigenvalue weighted by Crippen LogP contribution is 2.40. The standard InChI is InChI=1S/C32H36N6O6S2/c1-31(2)41-23(19-13-7-5-8-14-19)25(43-31)27(39)33-29-37-35-21(45-29)17-11-12-18-22-36-38-30(46-22)34-28(40)26-24(42-32(3,4)44-26)20-15-9-6-10-16-20/h5-10,13-16,23-26H,11-12,17-18H2,1-4H3,(H,33,37,39)(H,34,38,40)/t23-,24-,25+,26+/m1/s1. The van der Waals surface area contributed by atoms with Crippen molar-refractivity contribution in [3.8, 4) is 0 Å². The zero-order valence-electron chi connectivity index (χ0n) is 26.0. The van der Waals surface area contributed by atoms with Crippen LogP contribution in [0.3, 0.4) is 0 Å². The van der Waals surface area contributed by atoms with E-state index in [4.69, 9.17) is 18.9 Å². The SMILES string of the molecule is CC1(C)O[C@H](C(=O)Nc2nnc(CCCCc3nnc(NC(=O)[C@H]4OC(C)(C)O[C@@H]4c4ccccc4)s3)s2)[C@@H](c2ccccc2)O1. The Morgan fingerprint density at radius 3 is 1.41 bits per heavy atom. The molecule has 4 aromatic rings. The summed E-state index contributed by atoms with van der Waals surface area (Å²) < 4.78 is 23.9. The molecule has 2 saturated heterocycles. The third-order valence-electron chi connectivity index (χ3n) is 7.39. The Morgan fingerprint density at radius 2 is 1.02 bits per heavy atom. The minimum Gasteiger partial charge on any atom is -0.339 e. The summed E-state index contributed by atoms with van der Waals surface area (Å²) in [6.07, 6.45) is 0.402. The molecular formula is C32H36N6O6S2. The molecule has 2 N–H and O–H groups in total. The van der Waals surface area contributed by atoms with E-state index in [0.29, 0.717) is 23.1 Å². The first kappa shape index (κ1) is 32.3. The zero-order chi connectivity index (χ0) is 32.3. The predicted molar refractivity (Wildman–Crippen MR) is 172 cm³/mol. The van der Waals surface area contributed by atoms with E-state index in [1.54, 1.807) is 27.7 Å². The molecular weight excluding hydrogens is 629 g/mol. The normalized spacial score (nSPS) is 23.3. The number of hydrogen-bond donors (Lipinski definition) is 2. The van der Waals surface area contributed by atoms with E-state index in [1.165, 1.54) is 22.7 Å². The summed E-state index contributed by atoms with van der Waals surface area (Å²) in [5.74, 6) is -2.44. The van der Waals surface area contributed by atoms with Gasteiger partial charge in [-0.25, -0.2) is 0 Å². The minimum absolute atomic E-state index is 0.326. The Hall–Kier alpha value is -3.66. The molecule has 0 radical (unpaired) electrons. The van der Waals surface area contributed by atoms with Crippen LogP contribution in [-0.2, 0) is 41.4 Å². The molecule has 14 heteroatoms. The van der Waals surface area contributed by atoms with Crippen LogP contribution in [0.25, 0.3) is 0 Å². The molecule has 2 fully saturated rings. The summed E-state index contributed by atoms with van der Waals surface area (Å²) in [5.41, 5.74) is 1.74. The number of aromatic nitrogens is 4. The summed E-state index contributed by atoms with van der Waals surface area (Å²) in [4.78, 5) is 26.3. The van der Waals surface area contributed by atoms with E-state index in [9.17, 15) is 9.59 Å². The van der Waals surface area contributed by atoms with Gasteiger partial charge in [0.1, 0.15) is 22.2 Å². The van der Waals surface area contributed by atoms with Gasteiger partial charge in [-0.3, -0.25) is 20.2 Å². The van der Waals surface area contributed by atoms with Gasteiger partial charge in [0.15, 0.2) is 23.8 Å². The average Bonchev–Trinajstić information content (AvgIpc) is 3.82. The molecule has 4 heterocycles. The minimum atomic E-state index is -0.893. The lowest BCUT2D eigenvalue weighted by Crippen LogP contribution is -2.33. The molecule has 2 aromatic carbocycles. The summed E-state index contributed by atoms with van der Waals surface area (Å²) >= 11 is 2.68. The fraction of sp³-hybridized carbons (Fsp3) is 0.438.